The average Bonchev–Trinajstić information content (AvgIpc) is 1.69. The number of hydrogen-bond donors (Lipinski definition) is 0. The van der Waals surface area contributed by atoms with Crippen LogP contribution in [0.15, 0.2) is 255 Å². The van der Waals surface area contributed by atoms with E-state index in [9.17, 15) is 0 Å². The minimum atomic E-state index is 0. The van der Waals surface area contributed by atoms with Crippen LogP contribution in [0.3, 0.4) is 0 Å². The van der Waals surface area contributed by atoms with Crippen molar-refractivity contribution >= 4 is 71.6 Å². The molecular weight excluding hydrogens is 1480 g/mol. The van der Waals surface area contributed by atoms with Gasteiger partial charge >= 0.3 is 0 Å². The van der Waals surface area contributed by atoms with Crippen LogP contribution in [-0.4, -0.2) is 54.6 Å². The van der Waals surface area contributed by atoms with Crippen molar-refractivity contribution in [2.45, 2.75) is 47.5 Å². The summed E-state index contributed by atoms with van der Waals surface area (Å²) >= 11 is 0. The Morgan fingerprint density at radius 1 is 0.412 bits per heavy atom. The molecule has 500 valence electrons. The monoisotopic (exact) mass is 1550 g/mol. The maximum atomic E-state index is 7.72. The van der Waals surface area contributed by atoms with Crippen LogP contribution in [0.5, 0.6) is 0 Å². The molecule has 2 radical (unpaired) electrons. The number of fused-ring (bicyclic) bond motifs is 23. The molecule has 10 aromatic carbocycles. The molecule has 8 bridgehead atoms. The van der Waals surface area contributed by atoms with Gasteiger partial charge in [-0.3, -0.25) is 9.97 Å². The molecule has 16 aromatic rings. The third-order valence-electron chi connectivity index (χ3n) is 18.0. The van der Waals surface area contributed by atoms with Crippen molar-refractivity contribution in [2.24, 2.45) is 11.8 Å². The fourth-order valence-corrected chi connectivity index (χ4v) is 13.5. The van der Waals surface area contributed by atoms with E-state index in [4.69, 9.17) is 51.5 Å². The van der Waals surface area contributed by atoms with E-state index in [0.29, 0.717) is 63.4 Å². The second-order valence-corrected chi connectivity index (χ2v) is 25.7. The van der Waals surface area contributed by atoms with E-state index >= 15 is 0 Å². The summed E-state index contributed by atoms with van der Waals surface area (Å²) in [6, 6.07) is 84.8. The first kappa shape index (κ1) is 67.4. The zero-order chi connectivity index (χ0) is 67.8. The van der Waals surface area contributed by atoms with Gasteiger partial charge in [0.15, 0.2) is 11.5 Å². The Hall–Kier alpha value is -11.8. The van der Waals surface area contributed by atoms with Gasteiger partial charge in [0.05, 0.1) is 46.7 Å². The van der Waals surface area contributed by atoms with E-state index in [1.54, 1.807) is 0 Å². The van der Waals surface area contributed by atoms with E-state index in [2.05, 4.69) is 150 Å². The predicted molar refractivity (Wildman–Crippen MR) is 401 cm³/mol. The summed E-state index contributed by atoms with van der Waals surface area (Å²) in [6.45, 7) is 18.7. The number of aromatic nitrogens is 13. The van der Waals surface area contributed by atoms with Gasteiger partial charge in [-0.1, -0.05) is 234 Å². The average molecular weight is 1550 g/mol. The molecule has 0 saturated heterocycles. The van der Waals surface area contributed by atoms with E-state index in [0.717, 1.165) is 124 Å². The minimum Gasteiger partial charge on any atom is -0.357 e. The molecule has 0 atom stereocenters. The van der Waals surface area contributed by atoms with Crippen molar-refractivity contribution in [1.29, 1.82) is 0 Å². The summed E-state index contributed by atoms with van der Waals surface area (Å²) in [5.74, 6) is 4.67. The van der Waals surface area contributed by atoms with Crippen LogP contribution >= 0.6 is 0 Å². The summed E-state index contributed by atoms with van der Waals surface area (Å²) in [5, 5.41) is 15.2. The zero-order valence-corrected chi connectivity index (χ0v) is 59.6. The van der Waals surface area contributed by atoms with Gasteiger partial charge in [-0.05, 0) is 104 Å². The number of hydrogen-bond acceptors (Lipinski definition) is 10. The number of aryl methyl sites for hydroxylation is 1. The molecule has 0 amide bonds. The molecule has 6 aromatic heterocycles. The van der Waals surface area contributed by atoms with Crippen molar-refractivity contribution in [3.05, 3.63) is 289 Å². The maximum Gasteiger partial charge on any atom is 0.187 e. The summed E-state index contributed by atoms with van der Waals surface area (Å²) in [7, 11) is 0. The number of nitrogens with zero attached hydrogens (tertiary/aromatic N) is 14. The van der Waals surface area contributed by atoms with Crippen LogP contribution in [0.2, 0.25) is 0 Å². The molecule has 2 aliphatic heterocycles. The number of benzene rings is 10. The molecule has 0 saturated carbocycles. The normalized spacial score (nSPS) is 11.3. The fraction of sp³-hybridized carbons (Fsp3) is 0.105. The van der Waals surface area contributed by atoms with Gasteiger partial charge in [-0.15, -0.1) is 41.0 Å². The van der Waals surface area contributed by atoms with E-state index < -0.39 is 0 Å². The van der Waals surface area contributed by atoms with E-state index in [-0.39, 0.29) is 37.2 Å². The van der Waals surface area contributed by atoms with Crippen molar-refractivity contribution in [3.8, 4) is 96.3 Å². The second-order valence-electron chi connectivity index (χ2n) is 25.7. The van der Waals surface area contributed by atoms with Gasteiger partial charge in [0.1, 0.15) is 0 Å². The smallest absolute Gasteiger partial charge is 0.187 e. The molecule has 0 fully saturated rings. The van der Waals surface area contributed by atoms with Crippen molar-refractivity contribution in [2.75, 3.05) is 0 Å². The number of rotatable bonds is 9. The third-order valence-corrected chi connectivity index (χ3v) is 18.0. The Balaban J connectivity index is 0.000000131. The van der Waals surface area contributed by atoms with Crippen LogP contribution < -0.4 is 9.97 Å². The third kappa shape index (κ3) is 13.0. The van der Waals surface area contributed by atoms with Crippen LogP contribution in [-0.2, 0) is 50.0 Å². The van der Waals surface area contributed by atoms with Crippen LogP contribution in [0.25, 0.3) is 167 Å². The van der Waals surface area contributed by atoms with Crippen LogP contribution in [0.1, 0.15) is 44.4 Å². The SMILES string of the molecule is [C-]#[N+]c1cc(CC(C)C)c(-n2c(-c3[c-]cccc3)nnc2-c2ccccc2C)c(CC(C)C)c1.[Cu].[Ir].c1ccc(-c2ccnc3c2ccc2c(-c4ccccc4)ccnc23)cc1.c1ccc2c(c1)-c1nc-2nc2[n-]c(nc3nc(nc4[n-]c(n1)c1ccccc41)-c1ccccc1-3)c1ccccc21. The molecule has 8 heterocycles. The topological polar surface area (TPSA) is 166 Å². The van der Waals surface area contributed by atoms with Crippen molar-refractivity contribution < 1.29 is 37.2 Å². The van der Waals surface area contributed by atoms with Gasteiger partial charge in [-0.25, -0.2) is 14.8 Å². The molecule has 0 spiro atoms. The quantitative estimate of drug-likeness (QED) is 0.0763. The first-order valence-electron chi connectivity index (χ1n) is 33.5. The van der Waals surface area contributed by atoms with Gasteiger partial charge in [-0.2, -0.15) is 5.10 Å². The maximum absolute atomic E-state index is 7.72. The summed E-state index contributed by atoms with van der Waals surface area (Å²) < 4.78 is 2.21. The molecule has 0 N–H and O–H groups in total. The predicted octanol–water partition coefficient (Wildman–Crippen LogP) is 19.9. The standard InChI is InChI=1S/C32H16N8.C30H31N4.C24H16N2.Cu.Ir/c1-2-10-18-17(9-1)25-33-26(18)38-28-21-13-5-6-14-22(21)30(35-28)40-32-24-16-8-7-15-23(24)31(36-32)39-29-20-12-4-3-11-19(20)27(34-29)37-25;1-20(2)16-24-18-26(31-6)19-25(17-21(3)4)28(24)34-29(23-13-8-7-9-14-23)32-33-30(34)27-15-11-10-12-22(27)5;1-3-7-17(8-4-1)19-13-15-25-23-21(19)11-12-22-20(14-16-26-24(22)23)18-9-5-2-6-10-18;;/h1-16H;7-13,15,18-21H,16-17H2,1-5H3;1-16H;;/q-2;-1;;;. The van der Waals surface area contributed by atoms with E-state index in [1.165, 1.54) is 22.3 Å². The Labute approximate surface area is 613 Å². The van der Waals surface area contributed by atoms with Gasteiger partial charge < -0.3 is 34.5 Å². The van der Waals surface area contributed by atoms with Crippen LogP contribution in [0, 0.1) is 31.4 Å². The zero-order valence-electron chi connectivity index (χ0n) is 56.2. The number of pyridine rings is 2. The molecule has 102 heavy (non-hydrogen) atoms. The Morgan fingerprint density at radius 3 is 1.19 bits per heavy atom. The molecule has 14 nitrogen and oxygen atoms in total. The van der Waals surface area contributed by atoms with Gasteiger partial charge in [0, 0.05) is 116 Å². The molecule has 18 rings (SSSR count). The van der Waals surface area contributed by atoms with Gasteiger partial charge in [0.25, 0.3) is 0 Å². The van der Waals surface area contributed by atoms with Crippen molar-refractivity contribution in [1.82, 2.24) is 64.6 Å². The van der Waals surface area contributed by atoms with E-state index in [1.807, 2.05) is 170 Å². The molecule has 2 aliphatic rings. The largest absolute Gasteiger partial charge is 0.357 e. The Kier molecular flexibility index (Phi) is 19.3. The van der Waals surface area contributed by atoms with Crippen molar-refractivity contribution in [3.63, 3.8) is 0 Å². The first-order chi connectivity index (χ1) is 49.1. The van der Waals surface area contributed by atoms with Crippen LogP contribution in [0.4, 0.5) is 5.69 Å². The molecule has 0 unspecified atom stereocenters. The summed E-state index contributed by atoms with van der Waals surface area (Å²) in [6.07, 6.45) is 5.49. The fourth-order valence-electron chi connectivity index (χ4n) is 13.5. The van der Waals surface area contributed by atoms with Gasteiger partial charge in [0.2, 0.25) is 0 Å². The minimum absolute atomic E-state index is 0. The molecule has 0 aliphatic carbocycles. The Morgan fingerprint density at radius 2 is 0.794 bits per heavy atom. The summed E-state index contributed by atoms with van der Waals surface area (Å²) in [4.78, 5) is 52.4. The Bertz CT molecular complexity index is 5590. The summed E-state index contributed by atoms with van der Waals surface area (Å²) in [5.41, 5.74) is 19.6. The molecular formula is C86H63CuIrN14-3. The first-order valence-corrected chi connectivity index (χ1v) is 33.5. The molecule has 16 heteroatoms. The second kappa shape index (κ2) is 29.2.